The van der Waals surface area contributed by atoms with Crippen molar-refractivity contribution in [2.75, 3.05) is 0 Å². The van der Waals surface area contributed by atoms with Gasteiger partial charge < -0.3 is 0 Å². The predicted octanol–water partition coefficient (Wildman–Crippen LogP) is 5.11. The molecular weight excluding hydrogens is 253 g/mol. The van der Waals surface area contributed by atoms with Gasteiger partial charge in [-0.1, -0.05) is 0 Å². The van der Waals surface area contributed by atoms with Gasteiger partial charge in [0.15, 0.2) is 0 Å². The van der Waals surface area contributed by atoms with Gasteiger partial charge in [-0.2, -0.15) is 13.2 Å². The van der Waals surface area contributed by atoms with E-state index in [1.807, 2.05) is 13.0 Å². The molecule has 2 aromatic heterocycles. The number of rotatable bonds is 1. The van der Waals surface area contributed by atoms with E-state index in [1.165, 1.54) is 28.7 Å². The first kappa shape index (κ1) is 11.7. The minimum Gasteiger partial charge on any atom is -0.166 e. The van der Waals surface area contributed by atoms with E-state index in [2.05, 4.69) is 0 Å². The van der Waals surface area contributed by atoms with Crippen molar-refractivity contribution in [3.63, 3.8) is 0 Å². The van der Waals surface area contributed by atoms with Crippen molar-refractivity contribution < 1.29 is 13.2 Å². The Morgan fingerprint density at radius 3 is 2.19 bits per heavy atom. The summed E-state index contributed by atoms with van der Waals surface area (Å²) < 4.78 is 38.3. The Hall–Kier alpha value is -0.810. The van der Waals surface area contributed by atoms with E-state index in [0.29, 0.717) is 14.6 Å². The average Bonchev–Trinajstić information content (AvgIpc) is 2.70. The molecule has 0 spiro atoms. The minimum atomic E-state index is -4.27. The van der Waals surface area contributed by atoms with Crippen molar-refractivity contribution in [1.29, 1.82) is 0 Å². The van der Waals surface area contributed by atoms with Crippen molar-refractivity contribution in [1.82, 2.24) is 0 Å². The first-order valence-corrected chi connectivity index (χ1v) is 6.25. The van der Waals surface area contributed by atoms with E-state index >= 15 is 0 Å². The summed E-state index contributed by atoms with van der Waals surface area (Å²) in [6.07, 6.45) is -4.27. The maximum Gasteiger partial charge on any atom is 0.417 e. The summed E-state index contributed by atoms with van der Waals surface area (Å²) in [5.74, 6) is 0. The molecule has 0 N–H and O–H groups in total. The normalized spacial score (nSPS) is 12.1. The fraction of sp³-hybridized carbons (Fsp3) is 0.273. The van der Waals surface area contributed by atoms with Gasteiger partial charge in [-0.05, 0) is 32.0 Å². The van der Waals surface area contributed by atoms with E-state index in [4.69, 9.17) is 0 Å². The van der Waals surface area contributed by atoms with Crippen LogP contribution >= 0.6 is 22.7 Å². The van der Waals surface area contributed by atoms with Gasteiger partial charge in [0.1, 0.15) is 0 Å². The molecule has 0 aliphatic carbocycles. The molecule has 0 radical (unpaired) electrons. The quantitative estimate of drug-likeness (QED) is 0.669. The fourth-order valence-corrected chi connectivity index (χ4v) is 3.49. The van der Waals surface area contributed by atoms with Gasteiger partial charge in [-0.15, -0.1) is 22.7 Å². The number of thiophene rings is 2. The third-order valence-electron chi connectivity index (χ3n) is 2.12. The summed E-state index contributed by atoms with van der Waals surface area (Å²) in [6.45, 7) is 3.59. The number of hydrogen-bond donors (Lipinski definition) is 0. The summed E-state index contributed by atoms with van der Waals surface area (Å²) in [7, 11) is 0. The molecule has 0 amide bonds. The summed E-state index contributed by atoms with van der Waals surface area (Å²) in [4.78, 5) is 2.74. The molecule has 0 unspecified atom stereocenters. The highest BCUT2D eigenvalue weighted by atomic mass is 32.1. The molecule has 5 heteroatoms. The molecule has 86 valence electrons. The zero-order valence-corrected chi connectivity index (χ0v) is 10.3. The first-order chi connectivity index (χ1) is 7.38. The van der Waals surface area contributed by atoms with E-state index in [-0.39, 0.29) is 0 Å². The van der Waals surface area contributed by atoms with Crippen LogP contribution in [0.3, 0.4) is 0 Å². The molecular formula is C11H9F3S2. The molecule has 0 aliphatic rings. The molecule has 0 atom stereocenters. The number of alkyl halides is 3. The molecule has 0 fully saturated rings. The van der Waals surface area contributed by atoms with Crippen LogP contribution < -0.4 is 0 Å². The Labute approximate surface area is 99.4 Å². The highest BCUT2D eigenvalue weighted by molar-refractivity contribution is 7.22. The SMILES string of the molecule is Cc1ccc(-c2sc(C)cc2C(F)(F)F)s1. The van der Waals surface area contributed by atoms with Crippen molar-refractivity contribution >= 4 is 22.7 Å². The molecule has 0 aliphatic heterocycles. The Morgan fingerprint density at radius 1 is 1.00 bits per heavy atom. The van der Waals surface area contributed by atoms with Crippen molar-refractivity contribution in [3.8, 4) is 9.75 Å². The first-order valence-electron chi connectivity index (χ1n) is 4.62. The van der Waals surface area contributed by atoms with Crippen LogP contribution in [0.15, 0.2) is 18.2 Å². The summed E-state index contributed by atoms with van der Waals surface area (Å²) in [6, 6.07) is 4.81. The summed E-state index contributed by atoms with van der Waals surface area (Å²) in [5.41, 5.74) is -0.517. The fourth-order valence-electron chi connectivity index (χ4n) is 1.46. The van der Waals surface area contributed by atoms with Crippen LogP contribution in [-0.2, 0) is 6.18 Å². The van der Waals surface area contributed by atoms with Crippen LogP contribution in [0.2, 0.25) is 0 Å². The van der Waals surface area contributed by atoms with Gasteiger partial charge in [-0.25, -0.2) is 0 Å². The molecule has 0 aromatic carbocycles. The maximum absolute atomic E-state index is 12.8. The molecule has 2 heterocycles. The lowest BCUT2D eigenvalue weighted by Gasteiger charge is -2.05. The zero-order chi connectivity index (χ0) is 11.9. The van der Waals surface area contributed by atoms with E-state index in [1.54, 1.807) is 13.0 Å². The van der Waals surface area contributed by atoms with Crippen LogP contribution in [0.5, 0.6) is 0 Å². The molecule has 2 aromatic rings. The Bertz CT molecular complexity index is 506. The minimum absolute atomic E-state index is 0.336. The van der Waals surface area contributed by atoms with Gasteiger partial charge in [0.2, 0.25) is 0 Å². The molecule has 0 saturated carbocycles. The number of hydrogen-bond acceptors (Lipinski definition) is 2. The average molecular weight is 262 g/mol. The van der Waals surface area contributed by atoms with Crippen LogP contribution in [0.25, 0.3) is 9.75 Å². The second kappa shape index (κ2) is 3.89. The lowest BCUT2D eigenvalue weighted by molar-refractivity contribution is -0.136. The van der Waals surface area contributed by atoms with Crippen molar-refractivity contribution in [3.05, 3.63) is 33.5 Å². The second-order valence-corrected chi connectivity index (χ2v) is 6.05. The lowest BCUT2D eigenvalue weighted by atomic mass is 10.2. The van der Waals surface area contributed by atoms with E-state index < -0.39 is 11.7 Å². The summed E-state index contributed by atoms with van der Waals surface area (Å²) >= 11 is 2.59. The molecule has 0 bridgehead atoms. The molecule has 16 heavy (non-hydrogen) atoms. The standard InChI is InChI=1S/C11H9F3S2/c1-6-3-4-9(15-6)10-8(11(12,13)14)5-7(2)16-10/h3-5H,1-2H3. The highest BCUT2D eigenvalue weighted by Gasteiger charge is 2.35. The lowest BCUT2D eigenvalue weighted by Crippen LogP contribution is -2.04. The van der Waals surface area contributed by atoms with Crippen molar-refractivity contribution in [2.24, 2.45) is 0 Å². The van der Waals surface area contributed by atoms with Gasteiger partial charge >= 0.3 is 6.18 Å². The zero-order valence-electron chi connectivity index (χ0n) is 8.68. The third-order valence-corrected chi connectivity index (χ3v) is 4.36. The molecule has 2 rings (SSSR count). The largest absolute Gasteiger partial charge is 0.417 e. The van der Waals surface area contributed by atoms with Crippen LogP contribution in [0, 0.1) is 13.8 Å². The Balaban J connectivity index is 2.57. The highest BCUT2D eigenvalue weighted by Crippen LogP contribution is 2.44. The molecule has 0 nitrogen and oxygen atoms in total. The topological polar surface area (TPSA) is 0 Å². The second-order valence-electron chi connectivity index (χ2n) is 3.51. The maximum atomic E-state index is 12.8. The predicted molar refractivity (Wildman–Crippen MR) is 62.1 cm³/mol. The van der Waals surface area contributed by atoms with Gasteiger partial charge in [0, 0.05) is 14.6 Å². The third kappa shape index (κ3) is 2.15. The smallest absolute Gasteiger partial charge is 0.166 e. The summed E-state index contributed by atoms with van der Waals surface area (Å²) in [5, 5.41) is 0. The number of aryl methyl sites for hydroxylation is 2. The van der Waals surface area contributed by atoms with Crippen molar-refractivity contribution in [2.45, 2.75) is 20.0 Å². The van der Waals surface area contributed by atoms with Gasteiger partial charge in [0.05, 0.1) is 10.4 Å². The Morgan fingerprint density at radius 2 is 1.69 bits per heavy atom. The van der Waals surface area contributed by atoms with Gasteiger partial charge in [-0.3, -0.25) is 0 Å². The monoisotopic (exact) mass is 262 g/mol. The van der Waals surface area contributed by atoms with Crippen LogP contribution in [0.1, 0.15) is 15.3 Å². The van der Waals surface area contributed by atoms with Gasteiger partial charge in [0.25, 0.3) is 0 Å². The van der Waals surface area contributed by atoms with Crippen LogP contribution in [-0.4, -0.2) is 0 Å². The Kier molecular flexibility index (Phi) is 2.84. The van der Waals surface area contributed by atoms with E-state index in [9.17, 15) is 13.2 Å². The molecule has 0 saturated heterocycles. The van der Waals surface area contributed by atoms with E-state index in [0.717, 1.165) is 4.88 Å². The van der Waals surface area contributed by atoms with Crippen LogP contribution in [0.4, 0.5) is 13.2 Å². The number of halogens is 3.